The molecule has 1 aliphatic rings. The van der Waals surface area contributed by atoms with Crippen LogP contribution in [0.2, 0.25) is 0 Å². The zero-order valence-electron chi connectivity index (χ0n) is 17.2. The van der Waals surface area contributed by atoms with Crippen molar-refractivity contribution in [2.75, 3.05) is 27.3 Å². The number of benzene rings is 2. The number of aromatic nitrogens is 3. The van der Waals surface area contributed by atoms with E-state index in [1.165, 1.54) is 12.8 Å². The summed E-state index contributed by atoms with van der Waals surface area (Å²) in [4.78, 5) is 2.45. The van der Waals surface area contributed by atoms with Crippen molar-refractivity contribution in [1.82, 2.24) is 19.7 Å². The van der Waals surface area contributed by atoms with Gasteiger partial charge in [-0.15, -0.1) is 10.2 Å². The van der Waals surface area contributed by atoms with Crippen LogP contribution < -0.4 is 9.47 Å². The minimum absolute atomic E-state index is 0.704. The number of rotatable bonds is 8. The third kappa shape index (κ3) is 4.50. The van der Waals surface area contributed by atoms with Gasteiger partial charge < -0.3 is 9.47 Å². The number of methoxy groups -OCH3 is 2. The Morgan fingerprint density at radius 3 is 2.47 bits per heavy atom. The number of hydrogen-bond donors (Lipinski definition) is 0. The highest BCUT2D eigenvalue weighted by molar-refractivity contribution is 9.10. The fourth-order valence-corrected chi connectivity index (χ4v) is 5.44. The van der Waals surface area contributed by atoms with E-state index in [1.54, 1.807) is 26.0 Å². The highest BCUT2D eigenvalue weighted by Gasteiger charge is 2.20. The molecule has 158 valence electrons. The Morgan fingerprint density at radius 1 is 1.00 bits per heavy atom. The van der Waals surface area contributed by atoms with E-state index < -0.39 is 0 Å². The summed E-state index contributed by atoms with van der Waals surface area (Å²) in [5.74, 6) is 3.13. The third-order valence-electron chi connectivity index (χ3n) is 5.20. The maximum absolute atomic E-state index is 5.51. The molecule has 6 nitrogen and oxygen atoms in total. The van der Waals surface area contributed by atoms with Gasteiger partial charge in [0.2, 0.25) is 0 Å². The van der Waals surface area contributed by atoms with Crippen LogP contribution in [0.4, 0.5) is 0 Å². The van der Waals surface area contributed by atoms with Gasteiger partial charge in [-0.1, -0.05) is 36.0 Å². The average Bonchev–Trinajstić information content (AvgIpc) is 3.43. The second-order valence-corrected chi connectivity index (χ2v) is 8.85. The van der Waals surface area contributed by atoms with E-state index in [4.69, 9.17) is 9.47 Å². The molecular formula is C22H25BrN4O2S. The molecule has 0 amide bonds. The highest BCUT2D eigenvalue weighted by atomic mass is 79.9. The highest BCUT2D eigenvalue weighted by Crippen LogP contribution is 2.39. The van der Waals surface area contributed by atoms with Crippen LogP contribution in [0.25, 0.3) is 5.69 Å². The summed E-state index contributed by atoms with van der Waals surface area (Å²) in [6, 6.07) is 14.3. The quantitative estimate of drug-likeness (QED) is 0.418. The van der Waals surface area contributed by atoms with E-state index in [-0.39, 0.29) is 0 Å². The van der Waals surface area contributed by atoms with Crippen molar-refractivity contribution in [2.45, 2.75) is 30.3 Å². The first-order valence-corrected chi connectivity index (χ1v) is 11.7. The molecule has 4 rings (SSSR count). The number of nitrogens with zero attached hydrogens (tertiary/aromatic N) is 4. The zero-order valence-corrected chi connectivity index (χ0v) is 19.6. The molecular weight excluding hydrogens is 464 g/mol. The smallest absolute Gasteiger partial charge is 0.196 e. The van der Waals surface area contributed by atoms with Crippen LogP contribution in [0, 0.1) is 0 Å². The molecule has 0 radical (unpaired) electrons. The van der Waals surface area contributed by atoms with Gasteiger partial charge in [-0.2, -0.15) is 0 Å². The molecule has 2 aromatic carbocycles. The first kappa shape index (κ1) is 21.2. The summed E-state index contributed by atoms with van der Waals surface area (Å²) in [7, 11) is 3.29. The molecule has 1 fully saturated rings. The summed E-state index contributed by atoms with van der Waals surface area (Å²) < 4.78 is 14.0. The van der Waals surface area contributed by atoms with Crippen molar-refractivity contribution < 1.29 is 9.47 Å². The van der Waals surface area contributed by atoms with Gasteiger partial charge in [-0.3, -0.25) is 9.47 Å². The molecule has 0 saturated carbocycles. The van der Waals surface area contributed by atoms with Crippen LogP contribution in [-0.4, -0.2) is 47.0 Å². The van der Waals surface area contributed by atoms with Gasteiger partial charge in [0.1, 0.15) is 0 Å². The van der Waals surface area contributed by atoms with Gasteiger partial charge >= 0.3 is 0 Å². The molecule has 0 atom stereocenters. The Morgan fingerprint density at radius 2 is 1.77 bits per heavy atom. The lowest BCUT2D eigenvalue weighted by atomic mass is 10.2. The van der Waals surface area contributed by atoms with Gasteiger partial charge in [0.15, 0.2) is 22.5 Å². The molecule has 0 unspecified atom stereocenters. The minimum atomic E-state index is 0.704. The van der Waals surface area contributed by atoms with Crippen LogP contribution >= 0.6 is 27.7 Å². The molecule has 0 spiro atoms. The molecule has 1 saturated heterocycles. The van der Waals surface area contributed by atoms with E-state index >= 15 is 0 Å². The Balaban J connectivity index is 1.61. The molecule has 2 heterocycles. The van der Waals surface area contributed by atoms with E-state index in [0.717, 1.165) is 52.1 Å². The molecule has 0 N–H and O–H groups in total. The van der Waals surface area contributed by atoms with Crippen molar-refractivity contribution in [3.63, 3.8) is 0 Å². The van der Waals surface area contributed by atoms with Crippen molar-refractivity contribution in [2.24, 2.45) is 0 Å². The number of ether oxygens (including phenoxy) is 2. The zero-order chi connectivity index (χ0) is 20.9. The van der Waals surface area contributed by atoms with E-state index in [0.29, 0.717) is 11.5 Å². The van der Waals surface area contributed by atoms with E-state index in [2.05, 4.69) is 47.7 Å². The third-order valence-corrected chi connectivity index (χ3v) is 7.05. The second kappa shape index (κ2) is 9.85. The van der Waals surface area contributed by atoms with Gasteiger partial charge in [-0.05, 0) is 65.6 Å². The van der Waals surface area contributed by atoms with E-state index in [9.17, 15) is 0 Å². The summed E-state index contributed by atoms with van der Waals surface area (Å²) in [5.41, 5.74) is 2.20. The minimum Gasteiger partial charge on any atom is -0.493 e. The van der Waals surface area contributed by atoms with Crippen LogP contribution in [0.1, 0.15) is 24.2 Å². The van der Waals surface area contributed by atoms with Gasteiger partial charge in [0.05, 0.1) is 25.2 Å². The molecule has 8 heteroatoms. The second-order valence-electron chi connectivity index (χ2n) is 7.12. The number of para-hydroxylation sites is 1. The van der Waals surface area contributed by atoms with Crippen molar-refractivity contribution in [3.05, 3.63) is 58.3 Å². The standard InChI is InChI=1S/C22H25BrN4O2S/c1-28-18-11-10-16(20(23)21(18)29-2)15-30-22-25-24-19(14-26-12-6-7-13-26)27(22)17-8-4-3-5-9-17/h3-5,8-11H,6-7,12-15H2,1-2H3. The maximum Gasteiger partial charge on any atom is 0.196 e. The van der Waals surface area contributed by atoms with Gasteiger partial charge in [0, 0.05) is 11.4 Å². The molecule has 1 aromatic heterocycles. The summed E-state index contributed by atoms with van der Waals surface area (Å²) in [5, 5.41) is 9.97. The Labute approximate surface area is 189 Å². The molecule has 3 aromatic rings. The summed E-state index contributed by atoms with van der Waals surface area (Å²) in [6.45, 7) is 3.08. The molecule has 0 aliphatic carbocycles. The molecule has 30 heavy (non-hydrogen) atoms. The van der Waals surface area contributed by atoms with Crippen LogP contribution in [0.3, 0.4) is 0 Å². The fourth-order valence-electron chi connectivity index (χ4n) is 3.66. The Kier molecular flexibility index (Phi) is 6.97. The van der Waals surface area contributed by atoms with Crippen LogP contribution in [-0.2, 0) is 12.3 Å². The lowest BCUT2D eigenvalue weighted by Gasteiger charge is -2.16. The topological polar surface area (TPSA) is 52.4 Å². The van der Waals surface area contributed by atoms with Gasteiger partial charge in [0.25, 0.3) is 0 Å². The van der Waals surface area contributed by atoms with Crippen molar-refractivity contribution >= 4 is 27.7 Å². The Hall–Kier alpha value is -2.03. The lowest BCUT2D eigenvalue weighted by Crippen LogP contribution is -2.21. The predicted molar refractivity (Wildman–Crippen MR) is 123 cm³/mol. The largest absolute Gasteiger partial charge is 0.493 e. The van der Waals surface area contributed by atoms with Crippen LogP contribution in [0.15, 0.2) is 52.1 Å². The average molecular weight is 489 g/mol. The van der Waals surface area contributed by atoms with Crippen molar-refractivity contribution in [3.8, 4) is 17.2 Å². The number of hydrogen-bond acceptors (Lipinski definition) is 6. The van der Waals surface area contributed by atoms with Gasteiger partial charge in [-0.25, -0.2) is 0 Å². The van der Waals surface area contributed by atoms with Crippen molar-refractivity contribution in [1.29, 1.82) is 0 Å². The SMILES string of the molecule is COc1ccc(CSc2nnc(CN3CCCC3)n2-c2ccccc2)c(Br)c1OC. The molecule has 0 bridgehead atoms. The number of likely N-dealkylation sites (tertiary alicyclic amines) is 1. The normalized spacial score (nSPS) is 14.2. The predicted octanol–water partition coefficient (Wildman–Crippen LogP) is 4.94. The first-order valence-electron chi connectivity index (χ1n) is 9.95. The van der Waals surface area contributed by atoms with E-state index in [1.807, 2.05) is 30.3 Å². The molecule has 1 aliphatic heterocycles. The first-order chi connectivity index (χ1) is 14.7. The summed E-state index contributed by atoms with van der Waals surface area (Å²) >= 11 is 5.33. The van der Waals surface area contributed by atoms with Crippen LogP contribution in [0.5, 0.6) is 11.5 Å². The number of halogens is 1. The number of thioether (sulfide) groups is 1. The Bertz CT molecular complexity index is 990. The fraction of sp³-hybridized carbons (Fsp3) is 0.364. The lowest BCUT2D eigenvalue weighted by molar-refractivity contribution is 0.319. The summed E-state index contributed by atoms with van der Waals surface area (Å²) in [6.07, 6.45) is 2.52. The monoisotopic (exact) mass is 488 g/mol. The maximum atomic E-state index is 5.51.